The molecule has 0 saturated carbocycles. The van der Waals surface area contributed by atoms with Gasteiger partial charge in [-0.15, -0.1) is 45.3 Å². The van der Waals surface area contributed by atoms with Crippen LogP contribution in [0.1, 0.15) is 0 Å². The molecule has 4 nitrogen and oxygen atoms in total. The minimum atomic E-state index is 1.11. The minimum absolute atomic E-state index is 1.11. The second-order valence-corrected chi connectivity index (χ2v) is 31.0. The highest BCUT2D eigenvalue weighted by atomic mass is 32.1. The largest absolute Gasteiger partial charge is 0.311 e. The van der Waals surface area contributed by atoms with Crippen LogP contribution in [0.2, 0.25) is 0 Å². The van der Waals surface area contributed by atoms with Gasteiger partial charge in [-0.3, -0.25) is 0 Å². The molecule has 8 heteroatoms. The molecule has 0 aliphatic carbocycles. The molecule has 512 valence electrons. The third-order valence-electron chi connectivity index (χ3n) is 20.1. The van der Waals surface area contributed by atoms with Crippen LogP contribution >= 0.6 is 45.3 Å². The second-order valence-electron chi connectivity index (χ2n) is 26.8. The molecule has 0 saturated heterocycles. The normalized spacial score (nSPS) is 11.3. The van der Waals surface area contributed by atoms with Gasteiger partial charge in [0, 0.05) is 107 Å². The van der Waals surface area contributed by atoms with Crippen molar-refractivity contribution in [2.45, 2.75) is 0 Å². The van der Waals surface area contributed by atoms with Crippen molar-refractivity contribution in [3.63, 3.8) is 0 Å². The van der Waals surface area contributed by atoms with E-state index >= 15 is 0 Å². The molecule has 0 radical (unpaired) electrons. The average molecular weight is 1450 g/mol. The number of anilines is 12. The van der Waals surface area contributed by atoms with Crippen LogP contribution in [0.4, 0.5) is 68.2 Å². The van der Waals surface area contributed by atoms with Gasteiger partial charge in [0.15, 0.2) is 0 Å². The van der Waals surface area contributed by atoms with Crippen LogP contribution in [0.3, 0.4) is 0 Å². The molecule has 0 aliphatic rings. The van der Waals surface area contributed by atoms with Gasteiger partial charge in [-0.1, -0.05) is 243 Å². The number of fused-ring (bicyclic) bond motifs is 8. The summed E-state index contributed by atoms with van der Waals surface area (Å²) in [4.78, 5) is 12.0. The number of hydrogen-bond acceptors (Lipinski definition) is 8. The molecule has 0 fully saturated rings. The van der Waals surface area contributed by atoms with E-state index < -0.39 is 0 Å². The highest BCUT2D eigenvalue weighted by Crippen LogP contribution is 2.49. The molecule has 0 spiro atoms. The first-order chi connectivity index (χ1) is 53.5. The van der Waals surface area contributed by atoms with Crippen LogP contribution in [0.25, 0.3) is 104 Å². The monoisotopic (exact) mass is 1450 g/mol. The van der Waals surface area contributed by atoms with Crippen molar-refractivity contribution < 1.29 is 0 Å². The molecule has 16 aromatic carbocycles. The van der Waals surface area contributed by atoms with E-state index in [1.54, 1.807) is 0 Å². The van der Waals surface area contributed by atoms with Crippen LogP contribution < -0.4 is 19.6 Å². The second kappa shape index (κ2) is 29.2. The van der Waals surface area contributed by atoms with E-state index in [-0.39, 0.29) is 0 Å². The van der Waals surface area contributed by atoms with Crippen molar-refractivity contribution in [2.24, 2.45) is 0 Å². The fourth-order valence-corrected chi connectivity index (χ4v) is 19.4. The van der Waals surface area contributed by atoms with Gasteiger partial charge in [0.05, 0.1) is 20.8 Å². The maximum absolute atomic E-state index is 2.39. The van der Waals surface area contributed by atoms with Crippen molar-refractivity contribution in [3.05, 3.63) is 413 Å². The summed E-state index contributed by atoms with van der Waals surface area (Å²) in [5, 5.41) is 7.79. The molecule has 0 N–H and O–H groups in total. The Morgan fingerprint density at radius 3 is 0.713 bits per heavy atom. The topological polar surface area (TPSA) is 13.0 Å². The summed E-state index contributed by atoms with van der Waals surface area (Å²) in [6.45, 7) is 0. The zero-order chi connectivity index (χ0) is 71.7. The molecule has 0 unspecified atom stereocenters. The number of para-hydroxylation sites is 4. The molecule has 0 bridgehead atoms. The summed E-state index contributed by atoms with van der Waals surface area (Å²) in [7, 11) is 0. The summed E-state index contributed by atoms with van der Waals surface area (Å²) in [6.07, 6.45) is 0. The lowest BCUT2D eigenvalue weighted by atomic mass is 10.0. The molecule has 20 aromatic rings. The number of benzene rings is 16. The van der Waals surface area contributed by atoms with Gasteiger partial charge in [0.2, 0.25) is 0 Å². The fourth-order valence-electron chi connectivity index (χ4n) is 14.9. The SMILES string of the molecule is c1ccc(N(c2ccc(-c3ccc(N(c4ccccc4)c4ccc(-c5cc6ccccc6s5)cc4)cc3)cc2)c2ccc(-c3cc4ccccc4s3)cc2)cc1.c1ccc(N(c2ccc(-c3ccc(N(c4ccccc4)c4cccc5c4sc4ccccc45)cc3)cc2)c2cccc3c2sc2ccccc23)cc1. The zero-order valence-electron chi connectivity index (χ0n) is 58.7. The van der Waals surface area contributed by atoms with Gasteiger partial charge in [-0.2, -0.15) is 0 Å². The summed E-state index contributed by atoms with van der Waals surface area (Å²) in [5.74, 6) is 0. The molecule has 108 heavy (non-hydrogen) atoms. The van der Waals surface area contributed by atoms with Crippen molar-refractivity contribution in [1.82, 2.24) is 0 Å². The van der Waals surface area contributed by atoms with E-state index in [9.17, 15) is 0 Å². The summed E-state index contributed by atoms with van der Waals surface area (Å²) in [5.41, 5.74) is 20.8. The van der Waals surface area contributed by atoms with Crippen LogP contribution in [-0.2, 0) is 0 Å². The van der Waals surface area contributed by atoms with Crippen LogP contribution in [-0.4, -0.2) is 0 Å². The van der Waals surface area contributed by atoms with E-state index in [0.29, 0.717) is 0 Å². The standard InChI is InChI=1S/C52H36N2S2.C48H32N2S2/c1-3-13-43(14-4-1)53(47-31-23-39(24-32-47)51-35-41-11-7-9-17-49(41)55-51)45-27-19-37(20-28-45)38-21-29-46(30-22-38)54(44-15-5-2-6-16-44)48-33-25-40(26-34-48)52-36-42-12-8-10-18-50(42)56-52;1-3-13-35(14-4-1)49(43-21-11-19-41-39-17-7-9-23-45(39)51-47(41)43)37-29-25-33(26-30-37)34-27-31-38(32-28-34)50(36-15-5-2-6-16-36)44-22-12-20-42-40-18-8-10-24-46(40)52-48(42)44/h1-36H;1-32H. The molecular weight excluding hydrogens is 1390 g/mol. The van der Waals surface area contributed by atoms with Crippen LogP contribution in [0.5, 0.6) is 0 Å². The predicted molar refractivity (Wildman–Crippen MR) is 470 cm³/mol. The van der Waals surface area contributed by atoms with Crippen molar-refractivity contribution in [1.29, 1.82) is 0 Å². The van der Waals surface area contributed by atoms with E-state index in [0.717, 1.165) is 56.9 Å². The Morgan fingerprint density at radius 2 is 0.398 bits per heavy atom. The molecule has 20 rings (SSSR count). The van der Waals surface area contributed by atoms with Gasteiger partial charge >= 0.3 is 0 Å². The Bertz CT molecular complexity index is 6050. The van der Waals surface area contributed by atoms with E-state index in [4.69, 9.17) is 0 Å². The Labute approximate surface area is 644 Å². The molecular formula is C100H68N4S4. The Kier molecular flexibility index (Phi) is 17.8. The van der Waals surface area contributed by atoms with Crippen molar-refractivity contribution in [2.75, 3.05) is 19.6 Å². The molecule has 4 aromatic heterocycles. The molecule has 0 amide bonds. The number of nitrogens with zero attached hydrogens (tertiary/aromatic N) is 4. The third kappa shape index (κ3) is 12.9. The van der Waals surface area contributed by atoms with Crippen LogP contribution in [0, 0.1) is 0 Å². The van der Waals surface area contributed by atoms with E-state index in [1.165, 1.54) is 115 Å². The number of hydrogen-bond donors (Lipinski definition) is 0. The van der Waals surface area contributed by atoms with E-state index in [2.05, 4.69) is 432 Å². The zero-order valence-corrected chi connectivity index (χ0v) is 61.9. The van der Waals surface area contributed by atoms with Crippen LogP contribution in [0.15, 0.2) is 413 Å². The minimum Gasteiger partial charge on any atom is -0.311 e. The lowest BCUT2D eigenvalue weighted by molar-refractivity contribution is 1.28. The molecule has 0 aliphatic heterocycles. The van der Waals surface area contributed by atoms with Crippen molar-refractivity contribution >= 4 is 174 Å². The highest BCUT2D eigenvalue weighted by Gasteiger charge is 2.22. The Balaban J connectivity index is 0.000000147. The van der Waals surface area contributed by atoms with Gasteiger partial charge < -0.3 is 19.6 Å². The smallest absolute Gasteiger partial charge is 0.0640 e. The van der Waals surface area contributed by atoms with E-state index in [1.807, 2.05) is 45.3 Å². The molecule has 0 atom stereocenters. The average Bonchev–Trinajstić information content (AvgIpc) is 1.59. The predicted octanol–water partition coefficient (Wildman–Crippen LogP) is 31.1. The van der Waals surface area contributed by atoms with Crippen molar-refractivity contribution in [3.8, 4) is 43.1 Å². The van der Waals surface area contributed by atoms with Gasteiger partial charge in [0.1, 0.15) is 0 Å². The summed E-state index contributed by atoms with van der Waals surface area (Å²) >= 11 is 7.41. The fraction of sp³-hybridized carbons (Fsp3) is 0. The Hall–Kier alpha value is -12.9. The quantitative estimate of drug-likeness (QED) is 0.0956. The maximum atomic E-state index is 2.39. The number of thiophene rings is 4. The first-order valence-corrected chi connectivity index (χ1v) is 39.6. The first-order valence-electron chi connectivity index (χ1n) is 36.3. The van der Waals surface area contributed by atoms with Gasteiger partial charge in [-0.05, 0) is 214 Å². The summed E-state index contributed by atoms with van der Waals surface area (Å²) in [6, 6.07) is 149. The summed E-state index contributed by atoms with van der Waals surface area (Å²) < 4.78 is 7.83. The first kappa shape index (κ1) is 65.8. The Morgan fingerprint density at radius 1 is 0.157 bits per heavy atom. The lowest BCUT2D eigenvalue weighted by Crippen LogP contribution is -2.10. The maximum Gasteiger partial charge on any atom is 0.0640 e. The molecule has 4 heterocycles. The van der Waals surface area contributed by atoms with Gasteiger partial charge in [-0.25, -0.2) is 0 Å². The number of rotatable bonds is 16. The highest BCUT2D eigenvalue weighted by molar-refractivity contribution is 7.27. The van der Waals surface area contributed by atoms with Gasteiger partial charge in [0.25, 0.3) is 0 Å². The third-order valence-corrected chi connectivity index (χ3v) is 24.9. The lowest BCUT2D eigenvalue weighted by Gasteiger charge is -2.26.